The number of anilines is 1. The predicted molar refractivity (Wildman–Crippen MR) is 123 cm³/mol. The van der Waals surface area contributed by atoms with E-state index in [1.807, 2.05) is 17.4 Å². The molecule has 0 aliphatic carbocycles. The summed E-state index contributed by atoms with van der Waals surface area (Å²) in [6.07, 6.45) is 1.28. The molecule has 5 rings (SSSR count). The molecule has 0 saturated carbocycles. The zero-order chi connectivity index (χ0) is 24.5. The van der Waals surface area contributed by atoms with E-state index in [1.165, 1.54) is 42.7 Å². The molecule has 35 heavy (non-hydrogen) atoms. The van der Waals surface area contributed by atoms with Gasteiger partial charge in [-0.2, -0.15) is 0 Å². The molecule has 3 aromatic carbocycles. The number of nitrogens with zero attached hydrogens (tertiary/aromatic N) is 1. The number of imide groups is 2. The lowest BCUT2D eigenvalue weighted by atomic mass is 9.94. The number of amides is 4. The Labute approximate surface area is 197 Å². The first-order valence-corrected chi connectivity index (χ1v) is 10.5. The van der Waals surface area contributed by atoms with E-state index in [1.54, 1.807) is 24.3 Å². The molecule has 0 fully saturated rings. The Morgan fingerprint density at radius 3 is 2.09 bits per heavy atom. The maximum Gasteiger partial charge on any atom is 0.338 e. The molecular formula is C26H16N2O7. The number of esters is 1. The van der Waals surface area contributed by atoms with Gasteiger partial charge < -0.3 is 9.15 Å². The van der Waals surface area contributed by atoms with Gasteiger partial charge in [-0.25, -0.2) is 9.69 Å². The minimum atomic E-state index is -0.825. The van der Waals surface area contributed by atoms with E-state index in [4.69, 9.17) is 9.15 Å². The fraction of sp³-hybridized carbons (Fsp3) is 0.0385. The highest BCUT2D eigenvalue weighted by atomic mass is 16.5. The van der Waals surface area contributed by atoms with Gasteiger partial charge in [0.1, 0.15) is 0 Å². The number of carbonyl (C=O) groups is 5. The summed E-state index contributed by atoms with van der Waals surface area (Å²) >= 11 is 0. The van der Waals surface area contributed by atoms with Crippen molar-refractivity contribution in [2.75, 3.05) is 11.5 Å². The van der Waals surface area contributed by atoms with Gasteiger partial charge in [0.15, 0.2) is 12.4 Å². The van der Waals surface area contributed by atoms with Crippen molar-refractivity contribution in [1.82, 2.24) is 5.32 Å². The summed E-state index contributed by atoms with van der Waals surface area (Å²) in [5.41, 5.74) is 1.20. The molecule has 4 aromatic rings. The van der Waals surface area contributed by atoms with Crippen LogP contribution in [0.15, 0.2) is 83.5 Å². The first-order valence-electron chi connectivity index (χ1n) is 10.5. The molecule has 4 amide bonds. The van der Waals surface area contributed by atoms with E-state index < -0.39 is 36.2 Å². The van der Waals surface area contributed by atoms with Gasteiger partial charge in [0, 0.05) is 16.5 Å². The van der Waals surface area contributed by atoms with Crippen molar-refractivity contribution in [1.29, 1.82) is 0 Å². The summed E-state index contributed by atoms with van der Waals surface area (Å²) in [5, 5.41) is 3.45. The summed E-state index contributed by atoms with van der Waals surface area (Å²) in [4.78, 5) is 63.3. The maximum absolute atomic E-state index is 13.1. The molecule has 9 heteroatoms. The lowest BCUT2D eigenvalue weighted by Crippen LogP contribution is -2.40. The topological polar surface area (TPSA) is 123 Å². The summed E-state index contributed by atoms with van der Waals surface area (Å²) in [5.74, 6) is -3.38. The zero-order valence-electron chi connectivity index (χ0n) is 18.0. The Hall–Kier alpha value is -5.05. The monoisotopic (exact) mass is 468 g/mol. The Kier molecular flexibility index (Phi) is 5.42. The second-order valence-corrected chi connectivity index (χ2v) is 7.63. The Bertz CT molecular complexity index is 1450. The van der Waals surface area contributed by atoms with Crippen LogP contribution in [-0.2, 0) is 9.53 Å². The molecule has 0 bridgehead atoms. The predicted octanol–water partition coefficient (Wildman–Crippen LogP) is 3.35. The zero-order valence-corrected chi connectivity index (χ0v) is 18.0. The van der Waals surface area contributed by atoms with Gasteiger partial charge in [0.25, 0.3) is 23.6 Å². The molecule has 9 nitrogen and oxygen atoms in total. The van der Waals surface area contributed by atoms with Crippen LogP contribution in [0.3, 0.4) is 0 Å². The highest BCUT2D eigenvalue weighted by Crippen LogP contribution is 2.32. The summed E-state index contributed by atoms with van der Waals surface area (Å²) < 4.78 is 9.82. The van der Waals surface area contributed by atoms with Crippen LogP contribution in [0, 0.1) is 0 Å². The van der Waals surface area contributed by atoms with Crippen molar-refractivity contribution in [3.63, 3.8) is 0 Å². The quantitative estimate of drug-likeness (QED) is 0.352. The van der Waals surface area contributed by atoms with Crippen LogP contribution >= 0.6 is 0 Å². The average Bonchev–Trinajstić information content (AvgIpc) is 3.42. The maximum atomic E-state index is 13.1. The molecule has 172 valence electrons. The number of benzene rings is 3. The van der Waals surface area contributed by atoms with Crippen LogP contribution in [0.4, 0.5) is 5.69 Å². The summed E-state index contributed by atoms with van der Waals surface area (Å²) in [6.45, 7) is -0.684. The van der Waals surface area contributed by atoms with Crippen LogP contribution in [0.2, 0.25) is 0 Å². The molecule has 2 heterocycles. The fourth-order valence-corrected chi connectivity index (χ4v) is 3.86. The van der Waals surface area contributed by atoms with Crippen molar-refractivity contribution >= 4 is 46.1 Å². The average molecular weight is 468 g/mol. The molecule has 1 N–H and O–H groups in total. The van der Waals surface area contributed by atoms with Crippen molar-refractivity contribution in [3.05, 3.63) is 102 Å². The Morgan fingerprint density at radius 1 is 0.829 bits per heavy atom. The third-order valence-corrected chi connectivity index (χ3v) is 5.47. The van der Waals surface area contributed by atoms with Crippen LogP contribution in [0.1, 0.15) is 41.6 Å². The van der Waals surface area contributed by atoms with Gasteiger partial charge in [-0.05, 0) is 53.9 Å². The molecule has 0 spiro atoms. The van der Waals surface area contributed by atoms with Crippen molar-refractivity contribution < 1.29 is 33.1 Å². The highest BCUT2D eigenvalue weighted by molar-refractivity contribution is 6.35. The number of furan rings is 1. The third-order valence-electron chi connectivity index (χ3n) is 5.47. The number of nitrogens with one attached hydrogen (secondary N) is 1. The van der Waals surface area contributed by atoms with Crippen molar-refractivity contribution in [2.45, 2.75) is 0 Å². The number of hydrogen-bond acceptors (Lipinski definition) is 7. The van der Waals surface area contributed by atoms with Gasteiger partial charge in [-0.15, -0.1) is 0 Å². The first-order chi connectivity index (χ1) is 16.9. The molecular weight excluding hydrogens is 452 g/mol. The van der Waals surface area contributed by atoms with Gasteiger partial charge in [0.2, 0.25) is 0 Å². The van der Waals surface area contributed by atoms with Gasteiger partial charge in [-0.3, -0.25) is 24.5 Å². The van der Waals surface area contributed by atoms with Gasteiger partial charge >= 0.3 is 5.97 Å². The minimum Gasteiger partial charge on any atom is -0.459 e. The highest BCUT2D eigenvalue weighted by Gasteiger charge is 2.33. The molecule has 1 aliphatic heterocycles. The second-order valence-electron chi connectivity index (χ2n) is 7.63. The van der Waals surface area contributed by atoms with E-state index in [9.17, 15) is 24.0 Å². The Balaban J connectivity index is 1.28. The van der Waals surface area contributed by atoms with Crippen LogP contribution in [0.5, 0.6) is 0 Å². The lowest BCUT2D eigenvalue weighted by molar-refractivity contribution is -0.123. The SMILES string of the molecule is O=C(COC(=O)c1ccc(N2C(=O)c3cccc4cccc(c34)C2=O)cc1)NC(=O)c1ccco1. The van der Waals surface area contributed by atoms with Crippen molar-refractivity contribution in [3.8, 4) is 0 Å². The van der Waals surface area contributed by atoms with Crippen LogP contribution in [0.25, 0.3) is 10.8 Å². The van der Waals surface area contributed by atoms with Crippen molar-refractivity contribution in [2.24, 2.45) is 0 Å². The number of hydrogen-bond donors (Lipinski definition) is 1. The van der Waals surface area contributed by atoms with Crippen LogP contribution in [-0.4, -0.2) is 36.2 Å². The second kappa shape index (κ2) is 8.71. The van der Waals surface area contributed by atoms with E-state index in [0.717, 1.165) is 10.3 Å². The van der Waals surface area contributed by atoms with E-state index in [-0.39, 0.29) is 17.0 Å². The lowest BCUT2D eigenvalue weighted by Gasteiger charge is -2.27. The number of ether oxygens (including phenoxy) is 1. The standard InChI is InChI=1S/C26H16N2O7/c29-21(27-23(30)20-8-3-13-34-20)14-35-26(33)16-9-11-17(12-10-16)28-24(31)18-6-1-4-15-5-2-7-19(22(15)18)25(28)32/h1-13H,14H2,(H,27,29,30). The summed E-state index contributed by atoms with van der Waals surface area (Å²) in [6, 6.07) is 19.1. The third kappa shape index (κ3) is 3.95. The molecule has 0 radical (unpaired) electrons. The number of carbonyl (C=O) groups excluding carboxylic acids is 5. The summed E-state index contributed by atoms with van der Waals surface area (Å²) in [7, 11) is 0. The molecule has 0 atom stereocenters. The molecule has 0 unspecified atom stereocenters. The minimum absolute atomic E-state index is 0.0547. The fourth-order valence-electron chi connectivity index (χ4n) is 3.86. The largest absolute Gasteiger partial charge is 0.459 e. The number of rotatable bonds is 5. The normalized spacial score (nSPS) is 12.5. The molecule has 1 aliphatic rings. The van der Waals surface area contributed by atoms with Gasteiger partial charge in [-0.1, -0.05) is 24.3 Å². The smallest absolute Gasteiger partial charge is 0.338 e. The van der Waals surface area contributed by atoms with E-state index in [0.29, 0.717) is 16.5 Å². The van der Waals surface area contributed by atoms with E-state index >= 15 is 0 Å². The van der Waals surface area contributed by atoms with E-state index in [2.05, 4.69) is 0 Å². The Morgan fingerprint density at radius 2 is 1.49 bits per heavy atom. The van der Waals surface area contributed by atoms with Crippen LogP contribution < -0.4 is 10.2 Å². The van der Waals surface area contributed by atoms with Gasteiger partial charge in [0.05, 0.1) is 17.5 Å². The molecule has 0 saturated heterocycles. The molecule has 1 aromatic heterocycles. The first kappa shape index (κ1) is 21.8.